The number of carbonyl (C=O) groups excluding carboxylic acids is 2. The van der Waals surface area contributed by atoms with E-state index >= 15 is 0 Å². The molecule has 2 heterocycles. The lowest BCUT2D eigenvalue weighted by atomic mass is 10.1. The standard InChI is InChI=1S/C7H7NO4/c9-6-7(10)12-5-4(11-6)2-1-3-8-5/h1,3-5,8H,2H2. The van der Waals surface area contributed by atoms with E-state index < -0.39 is 18.2 Å². The highest BCUT2D eigenvalue weighted by Crippen LogP contribution is 2.16. The number of hydrogen-bond acceptors (Lipinski definition) is 5. The Morgan fingerprint density at radius 1 is 1.33 bits per heavy atom. The second-order valence-electron chi connectivity index (χ2n) is 2.57. The van der Waals surface area contributed by atoms with Gasteiger partial charge in [0.2, 0.25) is 6.23 Å². The van der Waals surface area contributed by atoms with Gasteiger partial charge in [0.15, 0.2) is 6.10 Å². The molecule has 2 unspecified atom stereocenters. The van der Waals surface area contributed by atoms with E-state index in [1.54, 1.807) is 6.20 Å². The fourth-order valence-corrected chi connectivity index (χ4v) is 1.16. The van der Waals surface area contributed by atoms with Crippen molar-refractivity contribution in [3.8, 4) is 0 Å². The first kappa shape index (κ1) is 7.15. The van der Waals surface area contributed by atoms with Crippen LogP contribution in [0.2, 0.25) is 0 Å². The van der Waals surface area contributed by atoms with Crippen molar-refractivity contribution in [2.24, 2.45) is 0 Å². The SMILES string of the molecule is O=C1OC2CC=CNC2OC1=O. The van der Waals surface area contributed by atoms with Crippen molar-refractivity contribution in [3.63, 3.8) is 0 Å². The zero-order chi connectivity index (χ0) is 8.55. The Labute approximate surface area is 68.3 Å². The molecule has 2 rings (SSSR count). The van der Waals surface area contributed by atoms with Crippen molar-refractivity contribution in [2.45, 2.75) is 18.8 Å². The minimum Gasteiger partial charge on any atom is -0.448 e. The second-order valence-corrected chi connectivity index (χ2v) is 2.57. The Morgan fingerprint density at radius 2 is 2.08 bits per heavy atom. The molecule has 12 heavy (non-hydrogen) atoms. The highest BCUT2D eigenvalue weighted by molar-refractivity contribution is 6.30. The predicted octanol–water partition coefficient (Wildman–Crippen LogP) is -0.712. The molecule has 5 heteroatoms. The van der Waals surface area contributed by atoms with E-state index in [0.29, 0.717) is 6.42 Å². The number of esters is 2. The number of hydrogen-bond donors (Lipinski definition) is 1. The molecule has 2 aliphatic rings. The van der Waals surface area contributed by atoms with Gasteiger partial charge in [-0.15, -0.1) is 0 Å². The Balaban J connectivity index is 2.14. The van der Waals surface area contributed by atoms with E-state index in [1.807, 2.05) is 6.08 Å². The molecule has 2 atom stereocenters. The van der Waals surface area contributed by atoms with Crippen LogP contribution < -0.4 is 5.32 Å². The van der Waals surface area contributed by atoms with Gasteiger partial charge in [0, 0.05) is 6.42 Å². The van der Waals surface area contributed by atoms with Crippen LogP contribution in [0.4, 0.5) is 0 Å². The Hall–Kier alpha value is -1.52. The van der Waals surface area contributed by atoms with Crippen LogP contribution in [-0.4, -0.2) is 24.3 Å². The van der Waals surface area contributed by atoms with E-state index in [4.69, 9.17) is 9.47 Å². The van der Waals surface area contributed by atoms with Crippen LogP contribution in [0.5, 0.6) is 0 Å². The number of fused-ring (bicyclic) bond motifs is 1. The highest BCUT2D eigenvalue weighted by Gasteiger charge is 2.38. The molecule has 1 fully saturated rings. The number of carbonyl (C=O) groups is 2. The maximum Gasteiger partial charge on any atom is 0.419 e. The van der Waals surface area contributed by atoms with Crippen molar-refractivity contribution in [2.75, 3.05) is 0 Å². The van der Waals surface area contributed by atoms with Crippen LogP contribution in [0.1, 0.15) is 6.42 Å². The fraction of sp³-hybridized carbons (Fsp3) is 0.429. The quantitative estimate of drug-likeness (QED) is 0.383. The average molecular weight is 169 g/mol. The molecule has 0 bridgehead atoms. The molecule has 0 aromatic rings. The smallest absolute Gasteiger partial charge is 0.419 e. The zero-order valence-corrected chi connectivity index (χ0v) is 6.15. The van der Waals surface area contributed by atoms with Gasteiger partial charge in [-0.2, -0.15) is 0 Å². The summed E-state index contributed by atoms with van der Waals surface area (Å²) in [5.74, 6) is -1.84. The van der Waals surface area contributed by atoms with Crippen molar-refractivity contribution >= 4 is 11.9 Å². The molecule has 5 nitrogen and oxygen atoms in total. The average Bonchev–Trinajstić information content (AvgIpc) is 2.07. The van der Waals surface area contributed by atoms with Gasteiger partial charge in [0.05, 0.1) is 0 Å². The molecule has 0 aromatic carbocycles. The summed E-state index contributed by atoms with van der Waals surface area (Å²) < 4.78 is 9.50. The van der Waals surface area contributed by atoms with Crippen LogP contribution in [0.15, 0.2) is 12.3 Å². The van der Waals surface area contributed by atoms with Crippen LogP contribution in [0.3, 0.4) is 0 Å². The summed E-state index contributed by atoms with van der Waals surface area (Å²) in [5, 5.41) is 2.77. The molecule has 0 spiro atoms. The molecular weight excluding hydrogens is 162 g/mol. The van der Waals surface area contributed by atoms with Crippen LogP contribution in [0, 0.1) is 0 Å². The van der Waals surface area contributed by atoms with Gasteiger partial charge < -0.3 is 14.8 Å². The molecule has 1 N–H and O–H groups in total. The molecule has 0 aromatic heterocycles. The van der Waals surface area contributed by atoms with Crippen molar-refractivity contribution in [3.05, 3.63) is 12.3 Å². The van der Waals surface area contributed by atoms with Crippen LogP contribution in [0.25, 0.3) is 0 Å². The lowest BCUT2D eigenvalue weighted by Crippen LogP contribution is -2.51. The summed E-state index contributed by atoms with van der Waals surface area (Å²) in [4.78, 5) is 21.4. The van der Waals surface area contributed by atoms with Crippen LogP contribution >= 0.6 is 0 Å². The van der Waals surface area contributed by atoms with Gasteiger partial charge in [-0.3, -0.25) is 0 Å². The number of ether oxygens (including phenoxy) is 2. The maximum atomic E-state index is 10.7. The summed E-state index contributed by atoms with van der Waals surface area (Å²) in [7, 11) is 0. The fourth-order valence-electron chi connectivity index (χ4n) is 1.16. The van der Waals surface area contributed by atoms with Gasteiger partial charge in [0.1, 0.15) is 0 Å². The van der Waals surface area contributed by atoms with Gasteiger partial charge in [-0.05, 0) is 6.20 Å². The molecule has 64 valence electrons. The summed E-state index contributed by atoms with van der Waals surface area (Å²) in [5.41, 5.74) is 0. The Morgan fingerprint density at radius 3 is 2.92 bits per heavy atom. The third-order valence-electron chi connectivity index (χ3n) is 1.74. The maximum absolute atomic E-state index is 10.7. The first-order chi connectivity index (χ1) is 5.77. The van der Waals surface area contributed by atoms with E-state index in [-0.39, 0.29) is 6.10 Å². The summed E-state index contributed by atoms with van der Waals surface area (Å²) in [6.45, 7) is 0. The minimum absolute atomic E-state index is 0.375. The van der Waals surface area contributed by atoms with Crippen molar-refractivity contribution < 1.29 is 19.1 Å². The minimum atomic E-state index is -0.931. The van der Waals surface area contributed by atoms with Gasteiger partial charge >= 0.3 is 11.9 Å². The van der Waals surface area contributed by atoms with Gasteiger partial charge in [-0.25, -0.2) is 9.59 Å². The normalized spacial score (nSPS) is 33.0. The monoisotopic (exact) mass is 169 g/mol. The second kappa shape index (κ2) is 2.51. The highest BCUT2D eigenvalue weighted by atomic mass is 16.7. The molecular formula is C7H7NO4. The van der Waals surface area contributed by atoms with Crippen molar-refractivity contribution in [1.29, 1.82) is 0 Å². The molecule has 0 aliphatic carbocycles. The summed E-state index contributed by atoms with van der Waals surface area (Å²) >= 11 is 0. The molecule has 0 radical (unpaired) electrons. The Kier molecular flexibility index (Phi) is 1.49. The van der Waals surface area contributed by atoms with Crippen molar-refractivity contribution in [1.82, 2.24) is 5.32 Å². The third kappa shape index (κ3) is 1.03. The van der Waals surface area contributed by atoms with Crippen LogP contribution in [-0.2, 0) is 19.1 Å². The molecule has 0 saturated carbocycles. The largest absolute Gasteiger partial charge is 0.448 e. The Bertz CT molecular complexity index is 234. The van der Waals surface area contributed by atoms with E-state index in [9.17, 15) is 9.59 Å². The van der Waals surface area contributed by atoms with E-state index in [2.05, 4.69) is 5.32 Å². The zero-order valence-electron chi connectivity index (χ0n) is 6.15. The lowest BCUT2D eigenvalue weighted by molar-refractivity contribution is -0.197. The van der Waals surface area contributed by atoms with E-state index in [1.165, 1.54) is 0 Å². The third-order valence-corrected chi connectivity index (χ3v) is 1.74. The topological polar surface area (TPSA) is 64.6 Å². The molecule has 0 amide bonds. The van der Waals surface area contributed by atoms with Gasteiger partial charge in [0.25, 0.3) is 0 Å². The molecule has 2 aliphatic heterocycles. The first-order valence-corrected chi connectivity index (χ1v) is 3.60. The summed E-state index contributed by atoms with van der Waals surface area (Å²) in [6, 6.07) is 0. The van der Waals surface area contributed by atoms with Gasteiger partial charge in [-0.1, -0.05) is 6.08 Å². The predicted molar refractivity (Wildman–Crippen MR) is 36.7 cm³/mol. The lowest BCUT2D eigenvalue weighted by Gasteiger charge is -2.31. The first-order valence-electron chi connectivity index (χ1n) is 3.60. The molecule has 1 saturated heterocycles. The van der Waals surface area contributed by atoms with E-state index in [0.717, 1.165) is 0 Å². The number of rotatable bonds is 0. The summed E-state index contributed by atoms with van der Waals surface area (Å²) in [6.07, 6.45) is 3.18. The number of nitrogens with one attached hydrogen (secondary N) is 1.